The average molecular weight is 697 g/mol. The lowest BCUT2D eigenvalue weighted by Gasteiger charge is -2.21. The Labute approximate surface area is 269 Å². The summed E-state index contributed by atoms with van der Waals surface area (Å²) in [6.07, 6.45) is 0. The molecule has 0 heterocycles. The number of rotatable bonds is 10. The topological polar surface area (TPSA) is 137 Å². The summed E-state index contributed by atoms with van der Waals surface area (Å²) >= 11 is 16.2. The largest absolute Gasteiger partial charge is 0.349 e. The molecule has 0 aliphatic rings. The molecule has 0 bridgehead atoms. The van der Waals surface area contributed by atoms with E-state index in [4.69, 9.17) is 23.2 Å². The molecule has 4 rings (SSSR count). The van der Waals surface area contributed by atoms with Crippen molar-refractivity contribution in [1.29, 1.82) is 5.26 Å². The third-order valence-electron chi connectivity index (χ3n) is 5.77. The molecule has 0 fully saturated rings. The van der Waals surface area contributed by atoms with Crippen molar-refractivity contribution in [2.45, 2.75) is 5.25 Å². The predicted octanol–water partition coefficient (Wildman–Crippen LogP) is 8.56. The van der Waals surface area contributed by atoms with Crippen LogP contribution in [-0.4, -0.2) is 16.7 Å². The van der Waals surface area contributed by atoms with Crippen LogP contribution in [0.5, 0.6) is 0 Å². The molecular formula is C30H20BrCl2N5O4S. The zero-order chi connectivity index (χ0) is 30.9. The highest BCUT2D eigenvalue weighted by molar-refractivity contribution is 9.10. The van der Waals surface area contributed by atoms with Gasteiger partial charge in [0.1, 0.15) is 16.9 Å². The molecule has 1 unspecified atom stereocenters. The lowest BCUT2D eigenvalue weighted by atomic mass is 10.1. The number of nitro groups is 1. The summed E-state index contributed by atoms with van der Waals surface area (Å²) < 4.78 is 0.307. The van der Waals surface area contributed by atoms with Crippen LogP contribution in [0.4, 0.5) is 22.7 Å². The number of nitrogens with one attached hydrogen (secondary N) is 3. The molecule has 43 heavy (non-hydrogen) atoms. The molecule has 2 amide bonds. The Morgan fingerprint density at radius 2 is 1.44 bits per heavy atom. The number of nitriles is 1. The summed E-state index contributed by atoms with van der Waals surface area (Å²) in [4.78, 5) is 37.7. The van der Waals surface area contributed by atoms with Gasteiger partial charge in [0.05, 0.1) is 15.6 Å². The molecule has 0 saturated carbocycles. The van der Waals surface area contributed by atoms with Gasteiger partial charge in [-0.05, 0) is 76.1 Å². The normalized spacial score (nSPS) is 11.9. The molecular weight excluding hydrogens is 677 g/mol. The van der Waals surface area contributed by atoms with Crippen LogP contribution in [-0.2, 0) is 9.59 Å². The van der Waals surface area contributed by atoms with Crippen LogP contribution in [0.15, 0.2) is 112 Å². The average Bonchev–Trinajstić information content (AvgIpc) is 2.99. The first-order chi connectivity index (χ1) is 20.6. The van der Waals surface area contributed by atoms with Gasteiger partial charge in [-0.2, -0.15) is 5.26 Å². The fourth-order valence-corrected chi connectivity index (χ4v) is 5.53. The molecule has 4 aromatic carbocycles. The van der Waals surface area contributed by atoms with E-state index in [9.17, 15) is 25.0 Å². The van der Waals surface area contributed by atoms with E-state index in [0.717, 1.165) is 11.8 Å². The molecule has 0 spiro atoms. The fourth-order valence-electron chi connectivity index (χ4n) is 3.68. The minimum absolute atomic E-state index is 0.100. The quantitative estimate of drug-likeness (QED) is 0.0654. The number of thioether (sulfide) groups is 1. The Morgan fingerprint density at radius 3 is 1.98 bits per heavy atom. The van der Waals surface area contributed by atoms with E-state index in [0.29, 0.717) is 37.1 Å². The summed E-state index contributed by atoms with van der Waals surface area (Å²) in [5, 5.41) is 30.0. The van der Waals surface area contributed by atoms with Crippen LogP contribution in [0.3, 0.4) is 0 Å². The van der Waals surface area contributed by atoms with Gasteiger partial charge >= 0.3 is 0 Å². The van der Waals surface area contributed by atoms with Crippen molar-refractivity contribution in [2.75, 3.05) is 16.0 Å². The Kier molecular flexibility index (Phi) is 10.8. The predicted molar refractivity (Wildman–Crippen MR) is 174 cm³/mol. The number of carbonyl (C=O) groups is 2. The Morgan fingerprint density at radius 1 is 0.860 bits per heavy atom. The third kappa shape index (κ3) is 8.59. The molecule has 0 aliphatic carbocycles. The second-order valence-electron chi connectivity index (χ2n) is 8.73. The number of nitrogens with zero attached hydrogens (tertiary/aromatic N) is 2. The number of nitro benzene ring substituents is 1. The summed E-state index contributed by atoms with van der Waals surface area (Å²) in [5.41, 5.74) is 1.38. The van der Waals surface area contributed by atoms with E-state index in [2.05, 4.69) is 31.9 Å². The van der Waals surface area contributed by atoms with Crippen LogP contribution < -0.4 is 16.0 Å². The zero-order valence-corrected chi connectivity index (χ0v) is 25.8. The summed E-state index contributed by atoms with van der Waals surface area (Å²) in [7, 11) is 0. The zero-order valence-electron chi connectivity index (χ0n) is 21.9. The number of hydrogen-bond donors (Lipinski definition) is 3. The standard InChI is InChI=1S/C30H20BrCl2N5O4S/c31-25-16-23(38(41)42)14-15-26(25)37-29(40)27(18-4-2-1-3-5-18)43-30(36-22-12-8-20(33)9-13-22)24(17-34)28(39)35-21-10-6-19(32)7-11-21/h1-16,27,36H,(H,35,39)(H,37,40)/b30-24+. The van der Waals surface area contributed by atoms with Crippen LogP contribution in [0.25, 0.3) is 0 Å². The van der Waals surface area contributed by atoms with Crippen molar-refractivity contribution in [3.63, 3.8) is 0 Å². The smallest absolute Gasteiger partial charge is 0.270 e. The van der Waals surface area contributed by atoms with Gasteiger partial charge in [-0.3, -0.25) is 19.7 Å². The van der Waals surface area contributed by atoms with Gasteiger partial charge in [-0.25, -0.2) is 0 Å². The van der Waals surface area contributed by atoms with Crippen molar-refractivity contribution in [3.05, 3.63) is 138 Å². The summed E-state index contributed by atoms with van der Waals surface area (Å²) in [5.74, 6) is -1.21. The van der Waals surface area contributed by atoms with Gasteiger partial charge in [0.2, 0.25) is 5.91 Å². The van der Waals surface area contributed by atoms with E-state index in [1.807, 2.05) is 6.07 Å². The van der Waals surface area contributed by atoms with Gasteiger partial charge in [-0.1, -0.05) is 65.3 Å². The lowest BCUT2D eigenvalue weighted by molar-refractivity contribution is -0.384. The first-order valence-corrected chi connectivity index (χ1v) is 14.8. The molecule has 0 radical (unpaired) electrons. The molecule has 0 saturated heterocycles. The first kappa shape index (κ1) is 31.6. The third-order valence-corrected chi connectivity index (χ3v) is 8.19. The number of halogens is 3. The maximum Gasteiger partial charge on any atom is 0.270 e. The van der Waals surface area contributed by atoms with Crippen LogP contribution >= 0.6 is 50.9 Å². The molecule has 3 N–H and O–H groups in total. The van der Waals surface area contributed by atoms with Gasteiger partial charge in [0.25, 0.3) is 11.6 Å². The van der Waals surface area contributed by atoms with E-state index in [1.165, 1.54) is 18.2 Å². The fraction of sp³-hybridized carbons (Fsp3) is 0.0333. The molecule has 4 aromatic rings. The van der Waals surface area contributed by atoms with E-state index in [-0.39, 0.29) is 16.3 Å². The summed E-state index contributed by atoms with van der Waals surface area (Å²) in [6, 6.07) is 27.7. The van der Waals surface area contributed by atoms with Crippen molar-refractivity contribution in [3.8, 4) is 6.07 Å². The van der Waals surface area contributed by atoms with Crippen molar-refractivity contribution < 1.29 is 14.5 Å². The first-order valence-electron chi connectivity index (χ1n) is 12.3. The van der Waals surface area contributed by atoms with Gasteiger partial charge in [0.15, 0.2) is 0 Å². The second kappa shape index (κ2) is 14.7. The number of non-ortho nitro benzene ring substituents is 1. The number of amides is 2. The summed E-state index contributed by atoms with van der Waals surface area (Å²) in [6.45, 7) is 0. The number of benzene rings is 4. The number of hydrogen-bond acceptors (Lipinski definition) is 7. The van der Waals surface area contributed by atoms with E-state index < -0.39 is 22.0 Å². The van der Waals surface area contributed by atoms with E-state index >= 15 is 0 Å². The monoisotopic (exact) mass is 695 g/mol. The number of anilines is 3. The highest BCUT2D eigenvalue weighted by Gasteiger charge is 2.28. The van der Waals surface area contributed by atoms with Crippen LogP contribution in [0.1, 0.15) is 10.8 Å². The van der Waals surface area contributed by atoms with Crippen molar-refractivity contribution >= 4 is 85.5 Å². The highest BCUT2D eigenvalue weighted by Crippen LogP contribution is 2.39. The van der Waals surface area contributed by atoms with E-state index in [1.54, 1.807) is 78.9 Å². The van der Waals surface area contributed by atoms with Crippen molar-refractivity contribution in [2.24, 2.45) is 0 Å². The molecule has 13 heteroatoms. The van der Waals surface area contributed by atoms with Gasteiger partial charge in [0, 0.05) is 38.0 Å². The maximum atomic E-state index is 13.8. The van der Waals surface area contributed by atoms with Crippen LogP contribution in [0.2, 0.25) is 10.0 Å². The minimum atomic E-state index is -0.968. The Balaban J connectivity index is 1.74. The van der Waals surface area contributed by atoms with Gasteiger partial charge < -0.3 is 16.0 Å². The maximum absolute atomic E-state index is 13.8. The van der Waals surface area contributed by atoms with Crippen molar-refractivity contribution in [1.82, 2.24) is 0 Å². The molecule has 9 nitrogen and oxygen atoms in total. The molecule has 0 aliphatic heterocycles. The van der Waals surface area contributed by atoms with Gasteiger partial charge in [-0.15, -0.1) is 0 Å². The molecule has 216 valence electrons. The Hall–Kier alpha value is -4.34. The molecule has 0 aromatic heterocycles. The highest BCUT2D eigenvalue weighted by atomic mass is 79.9. The number of carbonyl (C=O) groups excluding carboxylic acids is 2. The molecule has 1 atom stereocenters. The minimum Gasteiger partial charge on any atom is -0.349 e. The Bertz CT molecular complexity index is 1730. The van der Waals surface area contributed by atoms with Crippen LogP contribution in [0, 0.1) is 21.4 Å². The SMILES string of the molecule is N#C/C(C(=O)Nc1ccc(Cl)cc1)=C(/Nc1ccc(Cl)cc1)SC(C(=O)Nc1ccc([N+](=O)[O-])cc1Br)c1ccccc1. The second-order valence-corrected chi connectivity index (χ2v) is 11.6. The lowest BCUT2D eigenvalue weighted by Crippen LogP contribution is -2.22.